The van der Waals surface area contributed by atoms with Gasteiger partial charge in [-0.25, -0.2) is 14.4 Å². The van der Waals surface area contributed by atoms with Crippen LogP contribution in [0, 0.1) is 12.7 Å². The Hall–Kier alpha value is -2.53. The SMILES string of the molecule is Cc1nc(-c2ccc(F)cc2)c(-c2ccncc2Cl)nc1N. The lowest BCUT2D eigenvalue weighted by atomic mass is 10.0. The molecule has 0 saturated carbocycles. The molecule has 22 heavy (non-hydrogen) atoms. The summed E-state index contributed by atoms with van der Waals surface area (Å²) in [6.45, 7) is 1.77. The molecule has 0 unspecified atom stereocenters. The van der Waals surface area contributed by atoms with Crippen molar-refractivity contribution < 1.29 is 4.39 Å². The average Bonchev–Trinajstić information content (AvgIpc) is 2.51. The molecule has 0 saturated heterocycles. The number of nitrogen functional groups attached to an aromatic ring is 1. The summed E-state index contributed by atoms with van der Waals surface area (Å²) >= 11 is 6.20. The number of halogens is 2. The summed E-state index contributed by atoms with van der Waals surface area (Å²) in [6.07, 6.45) is 3.15. The molecule has 2 N–H and O–H groups in total. The molecule has 0 radical (unpaired) electrons. The van der Waals surface area contributed by atoms with Crippen molar-refractivity contribution in [3.63, 3.8) is 0 Å². The molecule has 2 heterocycles. The number of pyridine rings is 1. The summed E-state index contributed by atoms with van der Waals surface area (Å²) in [7, 11) is 0. The Morgan fingerprint density at radius 3 is 2.45 bits per heavy atom. The monoisotopic (exact) mass is 314 g/mol. The predicted octanol–water partition coefficient (Wildman–Crippen LogP) is 3.89. The molecule has 0 aliphatic carbocycles. The van der Waals surface area contributed by atoms with Gasteiger partial charge in [0.25, 0.3) is 0 Å². The highest BCUT2D eigenvalue weighted by atomic mass is 35.5. The Morgan fingerprint density at radius 1 is 1.05 bits per heavy atom. The zero-order valence-electron chi connectivity index (χ0n) is 11.7. The van der Waals surface area contributed by atoms with Gasteiger partial charge >= 0.3 is 0 Å². The highest BCUT2D eigenvalue weighted by Crippen LogP contribution is 2.34. The summed E-state index contributed by atoms with van der Waals surface area (Å²) in [5, 5.41) is 0.448. The first-order valence-corrected chi connectivity index (χ1v) is 6.94. The Bertz CT molecular complexity index is 834. The maximum atomic E-state index is 13.1. The first kappa shape index (κ1) is 14.4. The van der Waals surface area contributed by atoms with Gasteiger partial charge in [0.1, 0.15) is 17.3 Å². The van der Waals surface area contributed by atoms with Gasteiger partial charge in [-0.15, -0.1) is 0 Å². The van der Waals surface area contributed by atoms with E-state index in [1.807, 2.05) is 0 Å². The Labute approximate surface area is 131 Å². The number of nitrogens with two attached hydrogens (primary N) is 1. The molecular weight excluding hydrogens is 303 g/mol. The van der Waals surface area contributed by atoms with Crippen LogP contribution in [0.5, 0.6) is 0 Å². The van der Waals surface area contributed by atoms with E-state index in [1.165, 1.54) is 18.3 Å². The van der Waals surface area contributed by atoms with E-state index >= 15 is 0 Å². The van der Waals surface area contributed by atoms with Crippen LogP contribution in [0.15, 0.2) is 42.7 Å². The van der Waals surface area contributed by atoms with Crippen LogP contribution in [0.3, 0.4) is 0 Å². The van der Waals surface area contributed by atoms with E-state index in [9.17, 15) is 4.39 Å². The molecule has 0 fully saturated rings. The van der Waals surface area contributed by atoms with E-state index in [-0.39, 0.29) is 5.82 Å². The molecule has 6 heteroatoms. The van der Waals surface area contributed by atoms with Crippen LogP contribution in [0.1, 0.15) is 5.69 Å². The number of aromatic nitrogens is 3. The number of nitrogens with zero attached hydrogens (tertiary/aromatic N) is 3. The van der Waals surface area contributed by atoms with Gasteiger partial charge in [-0.3, -0.25) is 4.98 Å². The Kier molecular flexibility index (Phi) is 3.73. The van der Waals surface area contributed by atoms with Crippen molar-refractivity contribution in [2.75, 3.05) is 5.73 Å². The van der Waals surface area contributed by atoms with Crippen molar-refractivity contribution >= 4 is 17.4 Å². The minimum absolute atomic E-state index is 0.313. The number of anilines is 1. The van der Waals surface area contributed by atoms with E-state index in [4.69, 9.17) is 17.3 Å². The molecule has 0 bridgehead atoms. The van der Waals surface area contributed by atoms with Gasteiger partial charge in [0.15, 0.2) is 0 Å². The third-order valence-electron chi connectivity index (χ3n) is 3.25. The highest BCUT2D eigenvalue weighted by molar-refractivity contribution is 6.33. The van der Waals surface area contributed by atoms with Crippen molar-refractivity contribution in [2.24, 2.45) is 0 Å². The maximum Gasteiger partial charge on any atom is 0.145 e. The Morgan fingerprint density at radius 2 is 1.77 bits per heavy atom. The van der Waals surface area contributed by atoms with E-state index in [0.29, 0.717) is 33.5 Å². The molecule has 0 aliphatic heterocycles. The molecule has 1 aromatic carbocycles. The first-order chi connectivity index (χ1) is 10.6. The summed E-state index contributed by atoms with van der Waals surface area (Å²) in [6, 6.07) is 7.79. The molecule has 0 spiro atoms. The van der Waals surface area contributed by atoms with Crippen LogP contribution in [0.2, 0.25) is 5.02 Å². The zero-order valence-corrected chi connectivity index (χ0v) is 12.5. The van der Waals surface area contributed by atoms with Gasteiger partial charge in [0.2, 0.25) is 0 Å². The fourth-order valence-electron chi connectivity index (χ4n) is 2.10. The van der Waals surface area contributed by atoms with E-state index in [0.717, 1.165) is 5.56 Å². The highest BCUT2D eigenvalue weighted by Gasteiger charge is 2.16. The quantitative estimate of drug-likeness (QED) is 0.779. The van der Waals surface area contributed by atoms with Crippen molar-refractivity contribution in [3.8, 4) is 22.5 Å². The maximum absolute atomic E-state index is 13.1. The fraction of sp³-hybridized carbons (Fsp3) is 0.0625. The van der Waals surface area contributed by atoms with Gasteiger partial charge in [-0.1, -0.05) is 11.6 Å². The van der Waals surface area contributed by atoms with Crippen molar-refractivity contribution in [2.45, 2.75) is 6.92 Å². The first-order valence-electron chi connectivity index (χ1n) is 6.56. The van der Waals surface area contributed by atoms with Gasteiger partial charge in [0.05, 0.1) is 16.4 Å². The number of hydrogen-bond acceptors (Lipinski definition) is 4. The second-order valence-electron chi connectivity index (χ2n) is 4.75. The second kappa shape index (κ2) is 5.69. The van der Waals surface area contributed by atoms with Crippen LogP contribution in [-0.4, -0.2) is 15.0 Å². The van der Waals surface area contributed by atoms with Crippen molar-refractivity contribution in [1.82, 2.24) is 15.0 Å². The molecule has 4 nitrogen and oxygen atoms in total. The summed E-state index contributed by atoms with van der Waals surface area (Å²) in [4.78, 5) is 12.9. The lowest BCUT2D eigenvalue weighted by Crippen LogP contribution is -2.02. The molecule has 0 amide bonds. The van der Waals surface area contributed by atoms with Crippen LogP contribution >= 0.6 is 11.6 Å². The normalized spacial score (nSPS) is 10.7. The second-order valence-corrected chi connectivity index (χ2v) is 5.16. The van der Waals surface area contributed by atoms with E-state index in [2.05, 4.69) is 15.0 Å². The van der Waals surface area contributed by atoms with Crippen molar-refractivity contribution in [1.29, 1.82) is 0 Å². The number of benzene rings is 1. The predicted molar refractivity (Wildman–Crippen MR) is 84.8 cm³/mol. The van der Waals surface area contributed by atoms with Gasteiger partial charge in [-0.05, 0) is 37.3 Å². The van der Waals surface area contributed by atoms with Crippen LogP contribution in [-0.2, 0) is 0 Å². The van der Waals surface area contributed by atoms with Crippen LogP contribution < -0.4 is 5.73 Å². The summed E-state index contributed by atoms with van der Waals surface area (Å²) in [5.74, 6) is 0.0149. The lowest BCUT2D eigenvalue weighted by molar-refractivity contribution is 0.628. The molecule has 2 aromatic heterocycles. The summed E-state index contributed by atoms with van der Waals surface area (Å²) in [5.41, 5.74) is 9.04. The third-order valence-corrected chi connectivity index (χ3v) is 3.55. The largest absolute Gasteiger partial charge is 0.382 e. The lowest BCUT2D eigenvalue weighted by Gasteiger charge is -2.12. The average molecular weight is 315 g/mol. The molecule has 110 valence electrons. The molecule has 0 aliphatic rings. The standard InChI is InChI=1S/C16H12ClFN4/c1-9-16(19)22-15(12-6-7-20-8-13(12)17)14(21-9)10-2-4-11(18)5-3-10/h2-8H,1H3,(H2,19,22). The Balaban J connectivity index is 2.27. The molecular formula is C16H12ClFN4. The third kappa shape index (κ3) is 2.63. The van der Waals surface area contributed by atoms with Gasteiger partial charge < -0.3 is 5.73 Å². The number of aryl methyl sites for hydroxylation is 1. The smallest absolute Gasteiger partial charge is 0.145 e. The molecule has 0 atom stereocenters. The molecule has 3 rings (SSSR count). The topological polar surface area (TPSA) is 64.7 Å². The number of rotatable bonds is 2. The van der Waals surface area contributed by atoms with E-state index in [1.54, 1.807) is 31.3 Å². The van der Waals surface area contributed by atoms with Crippen molar-refractivity contribution in [3.05, 3.63) is 59.3 Å². The van der Waals surface area contributed by atoms with Gasteiger partial charge in [0, 0.05) is 23.5 Å². The van der Waals surface area contributed by atoms with E-state index < -0.39 is 0 Å². The van der Waals surface area contributed by atoms with Crippen LogP contribution in [0.4, 0.5) is 10.2 Å². The minimum atomic E-state index is -0.313. The number of hydrogen-bond donors (Lipinski definition) is 1. The molecule has 3 aromatic rings. The summed E-state index contributed by atoms with van der Waals surface area (Å²) < 4.78 is 13.1. The minimum Gasteiger partial charge on any atom is -0.382 e. The fourth-order valence-corrected chi connectivity index (χ4v) is 2.31. The zero-order chi connectivity index (χ0) is 15.7. The van der Waals surface area contributed by atoms with Crippen LogP contribution in [0.25, 0.3) is 22.5 Å². The van der Waals surface area contributed by atoms with Gasteiger partial charge in [-0.2, -0.15) is 0 Å².